The van der Waals surface area contributed by atoms with Crippen LogP contribution in [0.1, 0.15) is 54.9 Å². The summed E-state index contributed by atoms with van der Waals surface area (Å²) in [5.41, 5.74) is -1.36. The minimum Gasteiger partial charge on any atom is -0.462 e. The van der Waals surface area contributed by atoms with Gasteiger partial charge in [0.1, 0.15) is 13.2 Å². The highest BCUT2D eigenvalue weighted by molar-refractivity contribution is 5.77. The maximum absolute atomic E-state index is 12.4. The molecule has 23 heavy (non-hydrogen) atoms. The van der Waals surface area contributed by atoms with Gasteiger partial charge in [-0.2, -0.15) is 13.2 Å². The van der Waals surface area contributed by atoms with Gasteiger partial charge in [0.15, 0.2) is 0 Å². The van der Waals surface area contributed by atoms with Crippen LogP contribution in [-0.4, -0.2) is 31.3 Å². The molecule has 0 fully saturated rings. The molecule has 0 heterocycles. The van der Waals surface area contributed by atoms with Gasteiger partial charge in [-0.3, -0.25) is 4.79 Å². The van der Waals surface area contributed by atoms with Gasteiger partial charge in [-0.15, -0.1) is 0 Å². The maximum Gasteiger partial charge on any atom is 0.490 e. The summed E-state index contributed by atoms with van der Waals surface area (Å²) >= 11 is 0. The molecule has 1 unspecified atom stereocenters. The van der Waals surface area contributed by atoms with E-state index in [-0.39, 0.29) is 5.41 Å². The molecule has 0 aliphatic rings. The first kappa shape index (κ1) is 21.7. The van der Waals surface area contributed by atoms with Gasteiger partial charge in [0.25, 0.3) is 0 Å². The van der Waals surface area contributed by atoms with Crippen molar-refractivity contribution < 1.29 is 32.2 Å². The Morgan fingerprint density at radius 1 is 0.783 bits per heavy atom. The van der Waals surface area contributed by atoms with Gasteiger partial charge < -0.3 is 9.47 Å². The number of hydrogen-bond donors (Lipinski definition) is 0. The number of carbonyl (C=O) groups is 2. The second-order valence-electron chi connectivity index (χ2n) is 8.09. The normalized spacial score (nSPS) is 15.7. The molecule has 7 heteroatoms. The quantitative estimate of drug-likeness (QED) is 0.558. The number of alkyl halides is 3. The summed E-state index contributed by atoms with van der Waals surface area (Å²) in [5.74, 6) is -2.80. The van der Waals surface area contributed by atoms with Gasteiger partial charge in [0, 0.05) is 0 Å². The van der Waals surface area contributed by atoms with Crippen LogP contribution in [0.25, 0.3) is 0 Å². The highest BCUT2D eigenvalue weighted by Crippen LogP contribution is 2.47. The summed E-state index contributed by atoms with van der Waals surface area (Å²) in [7, 11) is 0. The molecule has 0 bridgehead atoms. The first-order valence-corrected chi connectivity index (χ1v) is 7.42. The monoisotopic (exact) mass is 340 g/mol. The molecule has 0 amide bonds. The molecule has 0 aliphatic heterocycles. The average molecular weight is 340 g/mol. The smallest absolute Gasteiger partial charge is 0.462 e. The lowest BCUT2D eigenvalue weighted by Crippen LogP contribution is -2.44. The molecule has 0 aliphatic carbocycles. The summed E-state index contributed by atoms with van der Waals surface area (Å²) in [5, 5.41) is 0. The molecule has 0 saturated carbocycles. The van der Waals surface area contributed by atoms with Crippen molar-refractivity contribution in [3.8, 4) is 0 Å². The van der Waals surface area contributed by atoms with Gasteiger partial charge in [-0.05, 0) is 24.2 Å². The van der Waals surface area contributed by atoms with E-state index in [0.717, 1.165) is 0 Å². The standard InChI is InChI=1S/C16H27F3O4/c1-13(2,3)10-15(7,14(4,5)6)11(20)22-8-9-23-12(21)16(17,18)19/h8-10H2,1-7H3. The third-order valence-electron chi connectivity index (χ3n) is 3.77. The Kier molecular flexibility index (Phi) is 6.70. The lowest BCUT2D eigenvalue weighted by Gasteiger charge is -2.43. The number of hydrogen-bond acceptors (Lipinski definition) is 4. The summed E-state index contributed by atoms with van der Waals surface area (Å²) in [6.07, 6.45) is -4.50. The molecule has 4 nitrogen and oxygen atoms in total. The Labute approximate surface area is 135 Å². The van der Waals surface area contributed by atoms with Crippen LogP contribution in [-0.2, 0) is 19.1 Å². The number of halogens is 3. The number of ether oxygens (including phenoxy) is 2. The minimum atomic E-state index is -5.05. The lowest BCUT2D eigenvalue weighted by atomic mass is 9.61. The van der Waals surface area contributed by atoms with Crippen LogP contribution in [0.4, 0.5) is 13.2 Å². The molecule has 0 aromatic carbocycles. The molecule has 0 saturated heterocycles. The summed E-state index contributed by atoms with van der Waals surface area (Å²) in [6, 6.07) is 0. The van der Waals surface area contributed by atoms with Gasteiger partial charge in [-0.1, -0.05) is 41.5 Å². The Morgan fingerprint density at radius 2 is 1.17 bits per heavy atom. The molecule has 0 N–H and O–H groups in total. The molecule has 0 aromatic rings. The van der Waals surface area contributed by atoms with E-state index in [1.807, 2.05) is 41.5 Å². The zero-order chi connectivity index (χ0) is 18.7. The van der Waals surface area contributed by atoms with E-state index >= 15 is 0 Å². The predicted octanol–water partition coefficient (Wildman–Crippen LogP) is 4.12. The highest BCUT2D eigenvalue weighted by Gasteiger charge is 2.47. The van der Waals surface area contributed by atoms with Gasteiger partial charge in [0.2, 0.25) is 0 Å². The SMILES string of the molecule is CC(C)(C)CC(C)(C(=O)OCCOC(=O)C(F)(F)F)C(C)(C)C. The minimum absolute atomic E-state index is 0.135. The van der Waals surface area contributed by atoms with Crippen molar-refractivity contribution >= 4 is 11.9 Å². The van der Waals surface area contributed by atoms with Crippen LogP contribution in [0.2, 0.25) is 0 Å². The van der Waals surface area contributed by atoms with Crippen LogP contribution < -0.4 is 0 Å². The van der Waals surface area contributed by atoms with Crippen LogP contribution >= 0.6 is 0 Å². The topological polar surface area (TPSA) is 52.6 Å². The van der Waals surface area contributed by atoms with Crippen molar-refractivity contribution in [1.82, 2.24) is 0 Å². The van der Waals surface area contributed by atoms with Gasteiger partial charge in [0.05, 0.1) is 5.41 Å². The van der Waals surface area contributed by atoms with Crippen molar-refractivity contribution in [2.45, 2.75) is 61.1 Å². The van der Waals surface area contributed by atoms with Crippen LogP contribution in [0.15, 0.2) is 0 Å². The van der Waals surface area contributed by atoms with E-state index in [2.05, 4.69) is 4.74 Å². The number of carbonyl (C=O) groups excluding carboxylic acids is 2. The van der Waals surface area contributed by atoms with Crippen LogP contribution in [0.3, 0.4) is 0 Å². The van der Waals surface area contributed by atoms with E-state index in [9.17, 15) is 22.8 Å². The molecule has 0 rings (SSSR count). The van der Waals surface area contributed by atoms with Crippen molar-refractivity contribution in [1.29, 1.82) is 0 Å². The fraction of sp³-hybridized carbons (Fsp3) is 0.875. The predicted molar refractivity (Wildman–Crippen MR) is 79.6 cm³/mol. The van der Waals surface area contributed by atoms with Gasteiger partial charge >= 0.3 is 18.1 Å². The van der Waals surface area contributed by atoms with Crippen LogP contribution in [0.5, 0.6) is 0 Å². The van der Waals surface area contributed by atoms with Crippen molar-refractivity contribution in [2.75, 3.05) is 13.2 Å². The first-order chi connectivity index (χ1) is 10.0. The Balaban J connectivity index is 4.74. The van der Waals surface area contributed by atoms with E-state index in [4.69, 9.17) is 4.74 Å². The molecule has 0 aromatic heterocycles. The third-order valence-corrected chi connectivity index (χ3v) is 3.77. The van der Waals surface area contributed by atoms with Crippen molar-refractivity contribution in [2.24, 2.45) is 16.2 Å². The Bertz CT molecular complexity index is 430. The molecular formula is C16H27F3O4. The van der Waals surface area contributed by atoms with E-state index in [1.165, 1.54) is 0 Å². The first-order valence-electron chi connectivity index (χ1n) is 7.42. The zero-order valence-electron chi connectivity index (χ0n) is 14.9. The second kappa shape index (κ2) is 7.09. The fourth-order valence-corrected chi connectivity index (χ4v) is 2.21. The molecule has 136 valence electrons. The van der Waals surface area contributed by atoms with E-state index in [1.54, 1.807) is 6.92 Å². The summed E-state index contributed by atoms with van der Waals surface area (Å²) in [4.78, 5) is 23.0. The number of rotatable bonds is 5. The van der Waals surface area contributed by atoms with Crippen LogP contribution in [0, 0.1) is 16.2 Å². The van der Waals surface area contributed by atoms with E-state index < -0.39 is 42.2 Å². The lowest BCUT2D eigenvalue weighted by molar-refractivity contribution is -0.201. The third kappa shape index (κ3) is 6.79. The highest BCUT2D eigenvalue weighted by atomic mass is 19.4. The summed E-state index contributed by atoms with van der Waals surface area (Å²) < 4.78 is 45.0. The summed E-state index contributed by atoms with van der Waals surface area (Å²) in [6.45, 7) is 12.5. The van der Waals surface area contributed by atoms with E-state index in [0.29, 0.717) is 6.42 Å². The molecule has 0 spiro atoms. The van der Waals surface area contributed by atoms with Crippen molar-refractivity contribution in [3.05, 3.63) is 0 Å². The van der Waals surface area contributed by atoms with Gasteiger partial charge in [-0.25, -0.2) is 4.79 Å². The Morgan fingerprint density at radius 3 is 1.48 bits per heavy atom. The Hall–Kier alpha value is -1.27. The molecular weight excluding hydrogens is 313 g/mol. The molecule has 0 radical (unpaired) electrons. The second-order valence-corrected chi connectivity index (χ2v) is 8.09. The number of esters is 2. The largest absolute Gasteiger partial charge is 0.490 e. The fourth-order valence-electron chi connectivity index (χ4n) is 2.21. The average Bonchev–Trinajstić information content (AvgIpc) is 2.28. The zero-order valence-corrected chi connectivity index (χ0v) is 14.9. The molecule has 1 atom stereocenters. The maximum atomic E-state index is 12.4. The van der Waals surface area contributed by atoms with Crippen molar-refractivity contribution in [3.63, 3.8) is 0 Å².